The lowest BCUT2D eigenvalue weighted by molar-refractivity contribution is 0.329. The van der Waals surface area contributed by atoms with Crippen LogP contribution in [0.1, 0.15) is 50.9 Å². The molecule has 0 bridgehead atoms. The van der Waals surface area contributed by atoms with E-state index in [2.05, 4.69) is 51.4 Å². The second-order valence-corrected chi connectivity index (χ2v) is 8.15. The molecule has 0 atom stereocenters. The number of aryl methyl sites for hydroxylation is 1. The van der Waals surface area contributed by atoms with Crippen LogP contribution >= 0.6 is 24.0 Å². The molecular formula is C23H37IN6O. The molecule has 1 aliphatic carbocycles. The summed E-state index contributed by atoms with van der Waals surface area (Å²) in [6.45, 7) is 6.83. The number of hydrogen-bond donors (Lipinski definition) is 2. The standard InChI is InChI=1S/C23H36N6O.HI/c1-4-22-28-26-17-29(22)16-15-25-23(27-20-9-5-18(2)6-10-20)24-14-13-19-7-11-21(30-3)12-8-19;/h7-8,11-12,17-18,20H,4-6,9-10,13-16H2,1-3H3,(H2,24,25,27);1H. The van der Waals surface area contributed by atoms with E-state index < -0.39 is 0 Å². The molecule has 0 amide bonds. The first kappa shape index (κ1) is 25.4. The molecule has 1 saturated carbocycles. The van der Waals surface area contributed by atoms with Crippen molar-refractivity contribution in [2.24, 2.45) is 10.9 Å². The molecule has 2 aromatic rings. The van der Waals surface area contributed by atoms with Crippen LogP contribution in [0.5, 0.6) is 5.75 Å². The number of guanidine groups is 1. The zero-order valence-corrected chi connectivity index (χ0v) is 21.3. The SMILES string of the molecule is CCc1nncn1CCNC(=NCCc1ccc(OC)cc1)NC1CCC(C)CC1.I. The van der Waals surface area contributed by atoms with Crippen molar-refractivity contribution in [1.82, 2.24) is 25.4 Å². The Balaban J connectivity index is 0.00000341. The molecule has 7 nitrogen and oxygen atoms in total. The van der Waals surface area contributed by atoms with Crippen molar-refractivity contribution in [3.05, 3.63) is 42.0 Å². The van der Waals surface area contributed by atoms with Crippen molar-refractivity contribution < 1.29 is 4.74 Å². The third kappa shape index (κ3) is 8.31. The lowest BCUT2D eigenvalue weighted by Crippen LogP contribution is -2.45. The number of halogens is 1. The molecule has 0 saturated heterocycles. The van der Waals surface area contributed by atoms with Gasteiger partial charge in [0, 0.05) is 32.1 Å². The van der Waals surface area contributed by atoms with Gasteiger partial charge in [0.25, 0.3) is 0 Å². The lowest BCUT2D eigenvalue weighted by Gasteiger charge is -2.28. The first-order valence-corrected chi connectivity index (χ1v) is 11.2. The molecule has 31 heavy (non-hydrogen) atoms. The van der Waals surface area contributed by atoms with Crippen LogP contribution in [0.25, 0.3) is 0 Å². The molecular weight excluding hydrogens is 503 g/mol. The van der Waals surface area contributed by atoms with Gasteiger partial charge in [-0.15, -0.1) is 34.2 Å². The summed E-state index contributed by atoms with van der Waals surface area (Å²) in [7, 11) is 1.69. The van der Waals surface area contributed by atoms with Crippen LogP contribution in [0.3, 0.4) is 0 Å². The van der Waals surface area contributed by atoms with Crippen molar-refractivity contribution in [1.29, 1.82) is 0 Å². The molecule has 3 rings (SSSR count). The maximum Gasteiger partial charge on any atom is 0.191 e. The molecule has 2 N–H and O–H groups in total. The average Bonchev–Trinajstić information content (AvgIpc) is 3.23. The highest BCUT2D eigenvalue weighted by atomic mass is 127. The quantitative estimate of drug-likeness (QED) is 0.288. The Morgan fingerprint density at radius 2 is 1.94 bits per heavy atom. The summed E-state index contributed by atoms with van der Waals surface area (Å²) < 4.78 is 7.34. The second-order valence-electron chi connectivity index (χ2n) is 8.15. The number of benzene rings is 1. The Morgan fingerprint density at radius 1 is 1.19 bits per heavy atom. The van der Waals surface area contributed by atoms with Crippen molar-refractivity contribution >= 4 is 29.9 Å². The fraction of sp³-hybridized carbons (Fsp3) is 0.609. The molecule has 0 aliphatic heterocycles. The van der Waals surface area contributed by atoms with Gasteiger partial charge in [-0.05, 0) is 55.7 Å². The summed E-state index contributed by atoms with van der Waals surface area (Å²) in [4.78, 5) is 4.86. The average molecular weight is 540 g/mol. The maximum atomic E-state index is 5.24. The van der Waals surface area contributed by atoms with E-state index in [1.54, 1.807) is 13.4 Å². The topological polar surface area (TPSA) is 76.4 Å². The van der Waals surface area contributed by atoms with Gasteiger partial charge >= 0.3 is 0 Å². The molecule has 1 fully saturated rings. The van der Waals surface area contributed by atoms with Crippen LogP contribution in [-0.4, -0.2) is 47.0 Å². The molecule has 172 valence electrons. The van der Waals surface area contributed by atoms with E-state index in [-0.39, 0.29) is 24.0 Å². The second kappa shape index (κ2) is 13.5. The number of hydrogen-bond acceptors (Lipinski definition) is 4. The molecule has 8 heteroatoms. The van der Waals surface area contributed by atoms with Crippen molar-refractivity contribution in [3.63, 3.8) is 0 Å². The van der Waals surface area contributed by atoms with E-state index >= 15 is 0 Å². The molecule has 0 radical (unpaired) electrons. The first-order chi connectivity index (χ1) is 14.7. The third-order valence-corrected chi connectivity index (χ3v) is 5.84. The zero-order chi connectivity index (χ0) is 21.2. The summed E-state index contributed by atoms with van der Waals surface area (Å²) in [5.74, 6) is 3.66. The Morgan fingerprint density at radius 3 is 2.61 bits per heavy atom. The summed E-state index contributed by atoms with van der Waals surface area (Å²) >= 11 is 0. The van der Waals surface area contributed by atoms with E-state index in [0.29, 0.717) is 6.04 Å². The zero-order valence-electron chi connectivity index (χ0n) is 19.0. The summed E-state index contributed by atoms with van der Waals surface area (Å²) in [5.41, 5.74) is 1.27. The van der Waals surface area contributed by atoms with E-state index in [0.717, 1.165) is 55.9 Å². The Bertz CT molecular complexity index is 784. The number of methoxy groups -OCH3 is 1. The Hall–Kier alpha value is -1.84. The maximum absolute atomic E-state index is 5.24. The smallest absolute Gasteiger partial charge is 0.191 e. The Labute approximate surface area is 203 Å². The van der Waals surface area contributed by atoms with Crippen LogP contribution in [0, 0.1) is 5.92 Å². The van der Waals surface area contributed by atoms with Crippen LogP contribution in [0.15, 0.2) is 35.6 Å². The highest BCUT2D eigenvalue weighted by Crippen LogP contribution is 2.23. The van der Waals surface area contributed by atoms with Gasteiger partial charge < -0.3 is 19.9 Å². The fourth-order valence-electron chi connectivity index (χ4n) is 3.87. The van der Waals surface area contributed by atoms with E-state index in [9.17, 15) is 0 Å². The van der Waals surface area contributed by atoms with Gasteiger partial charge in [0.15, 0.2) is 5.96 Å². The molecule has 1 aromatic heterocycles. The van der Waals surface area contributed by atoms with Crippen LogP contribution in [0.4, 0.5) is 0 Å². The van der Waals surface area contributed by atoms with E-state index in [1.807, 2.05) is 12.1 Å². The lowest BCUT2D eigenvalue weighted by atomic mass is 9.87. The summed E-state index contributed by atoms with van der Waals surface area (Å²) in [5, 5.41) is 15.4. The highest BCUT2D eigenvalue weighted by Gasteiger charge is 2.19. The number of rotatable bonds is 9. The molecule has 0 spiro atoms. The van der Waals surface area contributed by atoms with Crippen molar-refractivity contribution in [2.45, 2.75) is 65.0 Å². The first-order valence-electron chi connectivity index (χ1n) is 11.2. The number of aliphatic imine (C=N–C) groups is 1. The van der Waals surface area contributed by atoms with Gasteiger partial charge in [-0.2, -0.15) is 0 Å². The molecule has 1 aromatic carbocycles. The van der Waals surface area contributed by atoms with Gasteiger partial charge in [0.2, 0.25) is 0 Å². The van der Waals surface area contributed by atoms with Gasteiger partial charge in [-0.1, -0.05) is 26.0 Å². The number of nitrogens with one attached hydrogen (secondary N) is 2. The predicted octanol–water partition coefficient (Wildman–Crippen LogP) is 3.82. The van der Waals surface area contributed by atoms with Gasteiger partial charge in [0.05, 0.1) is 7.11 Å². The summed E-state index contributed by atoms with van der Waals surface area (Å²) in [6.07, 6.45) is 8.61. The van der Waals surface area contributed by atoms with Gasteiger partial charge in [-0.3, -0.25) is 4.99 Å². The third-order valence-electron chi connectivity index (χ3n) is 5.84. The van der Waals surface area contributed by atoms with Crippen molar-refractivity contribution in [3.8, 4) is 5.75 Å². The normalized spacial score (nSPS) is 18.9. The van der Waals surface area contributed by atoms with Crippen LogP contribution in [-0.2, 0) is 19.4 Å². The number of nitrogens with zero attached hydrogens (tertiary/aromatic N) is 4. The van der Waals surface area contributed by atoms with Gasteiger partial charge in [-0.25, -0.2) is 0 Å². The number of ether oxygens (including phenoxy) is 1. The molecule has 0 unspecified atom stereocenters. The fourth-order valence-corrected chi connectivity index (χ4v) is 3.87. The van der Waals surface area contributed by atoms with Crippen LogP contribution in [0.2, 0.25) is 0 Å². The number of aromatic nitrogens is 3. The molecule has 1 heterocycles. The largest absolute Gasteiger partial charge is 0.497 e. The minimum absolute atomic E-state index is 0. The molecule has 1 aliphatic rings. The highest BCUT2D eigenvalue weighted by molar-refractivity contribution is 14.0. The van der Waals surface area contributed by atoms with E-state index in [4.69, 9.17) is 9.73 Å². The van der Waals surface area contributed by atoms with Crippen molar-refractivity contribution in [2.75, 3.05) is 20.2 Å². The van der Waals surface area contributed by atoms with Crippen LogP contribution < -0.4 is 15.4 Å². The van der Waals surface area contributed by atoms with Gasteiger partial charge in [0.1, 0.15) is 17.9 Å². The Kier molecular flexibility index (Phi) is 11.1. The predicted molar refractivity (Wildman–Crippen MR) is 136 cm³/mol. The van der Waals surface area contributed by atoms with E-state index in [1.165, 1.54) is 31.2 Å². The minimum atomic E-state index is 0. The summed E-state index contributed by atoms with van der Waals surface area (Å²) in [6, 6.07) is 8.73. The monoisotopic (exact) mass is 540 g/mol. The minimum Gasteiger partial charge on any atom is -0.497 e.